The van der Waals surface area contributed by atoms with Crippen LogP contribution in [-0.2, 0) is 6.54 Å². The van der Waals surface area contributed by atoms with Crippen LogP contribution in [-0.4, -0.2) is 21.2 Å². The zero-order chi connectivity index (χ0) is 13.6. The number of hydrogen-bond acceptors (Lipinski definition) is 2. The normalized spacial score (nSPS) is 13.8. The molecule has 0 saturated carbocycles. The van der Waals surface area contributed by atoms with Gasteiger partial charge in [-0.3, -0.25) is 4.68 Å². The molecule has 104 valence electrons. The molecule has 1 rings (SSSR count). The van der Waals surface area contributed by atoms with E-state index in [0.717, 1.165) is 31.5 Å². The maximum Gasteiger partial charge on any atom is 0.0762 e. The van der Waals surface area contributed by atoms with E-state index in [4.69, 9.17) is 11.6 Å². The molecule has 1 atom stereocenters. The minimum absolute atomic E-state index is 0.0434. The summed E-state index contributed by atoms with van der Waals surface area (Å²) in [4.78, 5) is 0. The maximum atomic E-state index is 6.08. The van der Waals surface area contributed by atoms with Crippen molar-refractivity contribution in [3.63, 3.8) is 0 Å². The molecule has 0 bridgehead atoms. The highest BCUT2D eigenvalue weighted by molar-refractivity contribution is 6.18. The summed E-state index contributed by atoms with van der Waals surface area (Å²) in [6.07, 6.45) is 5.24. The first-order valence-corrected chi connectivity index (χ1v) is 7.49. The van der Waals surface area contributed by atoms with Crippen LogP contribution >= 0.6 is 11.6 Å². The molecule has 1 heterocycles. The third kappa shape index (κ3) is 3.72. The minimum atomic E-state index is 0.0434. The molecule has 0 amide bonds. The van der Waals surface area contributed by atoms with Crippen LogP contribution in [0.4, 0.5) is 0 Å². The van der Waals surface area contributed by atoms with Crippen molar-refractivity contribution < 1.29 is 0 Å². The average Bonchev–Trinajstić information content (AvgIpc) is 2.89. The Morgan fingerprint density at radius 1 is 1.39 bits per heavy atom. The van der Waals surface area contributed by atoms with Crippen LogP contribution in [0.25, 0.3) is 0 Å². The molecular weight excluding hydrogens is 246 g/mol. The fourth-order valence-corrected chi connectivity index (χ4v) is 2.39. The van der Waals surface area contributed by atoms with Gasteiger partial charge in [-0.1, -0.05) is 20.8 Å². The SMILES string of the molecule is CCC(C)n1ccc(CNC(CC)(CC)CCl)n1. The van der Waals surface area contributed by atoms with Gasteiger partial charge in [0.25, 0.3) is 0 Å². The second kappa shape index (κ2) is 7.15. The molecule has 18 heavy (non-hydrogen) atoms. The third-order valence-electron chi connectivity index (χ3n) is 3.96. The predicted molar refractivity (Wildman–Crippen MR) is 78.1 cm³/mol. The summed E-state index contributed by atoms with van der Waals surface area (Å²) in [6, 6.07) is 2.55. The minimum Gasteiger partial charge on any atom is -0.304 e. The van der Waals surface area contributed by atoms with E-state index < -0.39 is 0 Å². The predicted octanol–water partition coefficient (Wildman–Crippen LogP) is 3.74. The van der Waals surface area contributed by atoms with Crippen molar-refractivity contribution in [1.82, 2.24) is 15.1 Å². The van der Waals surface area contributed by atoms with Gasteiger partial charge in [0, 0.05) is 30.2 Å². The number of aromatic nitrogens is 2. The summed E-state index contributed by atoms with van der Waals surface area (Å²) in [5.74, 6) is 0.645. The quantitative estimate of drug-likeness (QED) is 0.730. The zero-order valence-electron chi connectivity index (χ0n) is 12.0. The maximum absolute atomic E-state index is 6.08. The van der Waals surface area contributed by atoms with Crippen molar-refractivity contribution in [3.05, 3.63) is 18.0 Å². The highest BCUT2D eigenvalue weighted by Crippen LogP contribution is 2.18. The molecule has 0 aliphatic carbocycles. The summed E-state index contributed by atoms with van der Waals surface area (Å²) >= 11 is 6.08. The van der Waals surface area contributed by atoms with E-state index in [9.17, 15) is 0 Å². The van der Waals surface area contributed by atoms with Gasteiger partial charge >= 0.3 is 0 Å². The lowest BCUT2D eigenvalue weighted by molar-refractivity contribution is 0.331. The van der Waals surface area contributed by atoms with Gasteiger partial charge in [0.05, 0.1) is 5.69 Å². The highest BCUT2D eigenvalue weighted by atomic mass is 35.5. The van der Waals surface area contributed by atoms with Crippen LogP contribution in [0.3, 0.4) is 0 Å². The van der Waals surface area contributed by atoms with E-state index in [-0.39, 0.29) is 5.54 Å². The Morgan fingerprint density at radius 3 is 2.56 bits per heavy atom. The van der Waals surface area contributed by atoms with E-state index in [1.165, 1.54) is 0 Å². The fourth-order valence-electron chi connectivity index (χ4n) is 1.92. The Kier molecular flexibility index (Phi) is 6.16. The van der Waals surface area contributed by atoms with Gasteiger partial charge in [-0.25, -0.2) is 0 Å². The molecule has 0 aliphatic heterocycles. The number of nitrogens with zero attached hydrogens (tertiary/aromatic N) is 2. The highest BCUT2D eigenvalue weighted by Gasteiger charge is 2.24. The van der Waals surface area contributed by atoms with E-state index >= 15 is 0 Å². The molecule has 0 saturated heterocycles. The van der Waals surface area contributed by atoms with Gasteiger partial charge < -0.3 is 5.32 Å². The molecule has 1 aromatic rings. The van der Waals surface area contributed by atoms with Gasteiger partial charge in [-0.05, 0) is 32.3 Å². The number of nitrogens with one attached hydrogen (secondary N) is 1. The lowest BCUT2D eigenvalue weighted by Crippen LogP contribution is -2.45. The third-order valence-corrected chi connectivity index (χ3v) is 4.47. The zero-order valence-corrected chi connectivity index (χ0v) is 12.8. The van der Waals surface area contributed by atoms with Crippen molar-refractivity contribution in [2.24, 2.45) is 0 Å². The lowest BCUT2D eigenvalue weighted by Gasteiger charge is -2.30. The van der Waals surface area contributed by atoms with E-state index in [1.54, 1.807) is 0 Å². The molecule has 0 fully saturated rings. The summed E-state index contributed by atoms with van der Waals surface area (Å²) < 4.78 is 2.04. The molecular formula is C14H26ClN3. The fraction of sp³-hybridized carbons (Fsp3) is 0.786. The van der Waals surface area contributed by atoms with Crippen molar-refractivity contribution in [2.45, 2.75) is 65.1 Å². The molecule has 1 aromatic heterocycles. The molecule has 0 spiro atoms. The van der Waals surface area contributed by atoms with E-state index in [2.05, 4.69) is 50.4 Å². The van der Waals surface area contributed by atoms with Gasteiger partial charge in [0.15, 0.2) is 0 Å². The molecule has 0 radical (unpaired) electrons. The Bertz CT molecular complexity index is 336. The van der Waals surface area contributed by atoms with Crippen molar-refractivity contribution >= 4 is 11.6 Å². The number of rotatable bonds is 8. The van der Waals surface area contributed by atoms with Crippen LogP contribution in [0.15, 0.2) is 12.3 Å². The smallest absolute Gasteiger partial charge is 0.0762 e. The first kappa shape index (κ1) is 15.5. The van der Waals surface area contributed by atoms with Crippen molar-refractivity contribution in [1.29, 1.82) is 0 Å². The Hall–Kier alpha value is -0.540. The van der Waals surface area contributed by atoms with Crippen LogP contribution < -0.4 is 5.32 Å². The van der Waals surface area contributed by atoms with Crippen LogP contribution in [0, 0.1) is 0 Å². The van der Waals surface area contributed by atoms with Gasteiger partial charge in [-0.2, -0.15) is 5.10 Å². The van der Waals surface area contributed by atoms with E-state index in [1.807, 2.05) is 4.68 Å². The average molecular weight is 272 g/mol. The second-order valence-corrected chi connectivity index (χ2v) is 5.29. The second-order valence-electron chi connectivity index (χ2n) is 5.02. The summed E-state index contributed by atoms with van der Waals surface area (Å²) in [5.41, 5.74) is 1.13. The number of alkyl halides is 1. The largest absolute Gasteiger partial charge is 0.304 e. The van der Waals surface area contributed by atoms with Crippen LogP contribution in [0.2, 0.25) is 0 Å². The van der Waals surface area contributed by atoms with Crippen molar-refractivity contribution in [2.75, 3.05) is 5.88 Å². The van der Waals surface area contributed by atoms with Gasteiger partial charge in [0.2, 0.25) is 0 Å². The molecule has 0 aromatic carbocycles. The summed E-state index contributed by atoms with van der Waals surface area (Å²) in [6.45, 7) is 9.51. The van der Waals surface area contributed by atoms with Crippen molar-refractivity contribution in [3.8, 4) is 0 Å². The molecule has 1 unspecified atom stereocenters. The van der Waals surface area contributed by atoms with Gasteiger partial charge in [0.1, 0.15) is 0 Å². The molecule has 0 aliphatic rings. The lowest BCUT2D eigenvalue weighted by atomic mass is 9.95. The molecule has 4 heteroatoms. The standard InChI is InChI=1S/C14H26ClN3/c1-5-12(4)18-9-8-13(17-18)10-16-14(6-2,7-3)11-15/h8-9,12,16H,5-7,10-11H2,1-4H3. The Labute approximate surface area is 116 Å². The van der Waals surface area contributed by atoms with Crippen LogP contribution in [0.5, 0.6) is 0 Å². The number of halogens is 1. The van der Waals surface area contributed by atoms with Gasteiger partial charge in [-0.15, -0.1) is 11.6 Å². The Balaban J connectivity index is 2.60. The monoisotopic (exact) mass is 271 g/mol. The Morgan fingerprint density at radius 2 is 2.06 bits per heavy atom. The summed E-state index contributed by atoms with van der Waals surface area (Å²) in [5, 5.41) is 8.16. The first-order chi connectivity index (χ1) is 8.60. The summed E-state index contributed by atoms with van der Waals surface area (Å²) in [7, 11) is 0. The topological polar surface area (TPSA) is 29.9 Å². The number of hydrogen-bond donors (Lipinski definition) is 1. The molecule has 1 N–H and O–H groups in total. The first-order valence-electron chi connectivity index (χ1n) is 6.95. The van der Waals surface area contributed by atoms with E-state index in [0.29, 0.717) is 11.9 Å². The molecule has 3 nitrogen and oxygen atoms in total. The van der Waals surface area contributed by atoms with Crippen LogP contribution in [0.1, 0.15) is 58.7 Å².